The molecule has 1 N–H and O–H groups in total. The number of aromatic nitrogens is 4. The van der Waals surface area contributed by atoms with Crippen molar-refractivity contribution in [2.75, 3.05) is 5.75 Å². The van der Waals surface area contributed by atoms with E-state index in [1.165, 1.54) is 23.2 Å². The van der Waals surface area contributed by atoms with Crippen LogP contribution in [-0.2, 0) is 26.0 Å². The topological polar surface area (TPSA) is 135 Å². The molecule has 0 radical (unpaired) electrons. The van der Waals surface area contributed by atoms with Crippen LogP contribution in [0.4, 0.5) is 0 Å². The van der Waals surface area contributed by atoms with E-state index in [0.717, 1.165) is 0 Å². The number of carbonyl (C=O) groups is 2. The molecule has 11 heteroatoms. The van der Waals surface area contributed by atoms with Gasteiger partial charge in [-0.2, -0.15) is 0 Å². The Morgan fingerprint density at radius 2 is 1.86 bits per heavy atom. The van der Waals surface area contributed by atoms with E-state index in [-0.39, 0.29) is 42.0 Å². The molecule has 0 spiro atoms. The molecule has 0 aliphatic carbocycles. The largest absolute Gasteiger partial charge is 0.455 e. The van der Waals surface area contributed by atoms with Crippen molar-refractivity contribution < 1.29 is 22.7 Å². The van der Waals surface area contributed by atoms with Crippen LogP contribution in [-0.4, -0.2) is 50.8 Å². The third-order valence-corrected chi connectivity index (χ3v) is 7.33. The van der Waals surface area contributed by atoms with Gasteiger partial charge in [0.15, 0.2) is 20.7 Å². The summed E-state index contributed by atoms with van der Waals surface area (Å²) in [4.78, 5) is 41.9. The van der Waals surface area contributed by atoms with Crippen molar-refractivity contribution in [2.45, 2.75) is 31.3 Å². The van der Waals surface area contributed by atoms with Crippen LogP contribution in [0.3, 0.4) is 0 Å². The van der Waals surface area contributed by atoms with Crippen molar-refractivity contribution in [3.8, 4) is 23.0 Å². The zero-order valence-electron chi connectivity index (χ0n) is 18.8. The third kappa shape index (κ3) is 4.50. The average Bonchev–Trinajstić information content (AvgIpc) is 3.43. The Labute approximate surface area is 200 Å². The molecule has 4 aromatic rings. The highest BCUT2D eigenvalue weighted by Crippen LogP contribution is 2.32. The van der Waals surface area contributed by atoms with Gasteiger partial charge in [0.05, 0.1) is 29.5 Å². The predicted molar refractivity (Wildman–Crippen MR) is 126 cm³/mol. The molecule has 0 atom stereocenters. The molecule has 3 aromatic heterocycles. The number of hydrogen-bond donors (Lipinski definition) is 1. The first-order chi connectivity index (χ1) is 16.8. The molecule has 0 saturated carbocycles. The van der Waals surface area contributed by atoms with Gasteiger partial charge in [-0.15, -0.1) is 0 Å². The molecule has 1 aliphatic rings. The van der Waals surface area contributed by atoms with E-state index in [4.69, 9.17) is 4.74 Å². The summed E-state index contributed by atoms with van der Waals surface area (Å²) >= 11 is 0. The summed E-state index contributed by atoms with van der Waals surface area (Å²) in [6.07, 6.45) is 3.36. The zero-order chi connectivity index (χ0) is 24.6. The normalized spacial score (nSPS) is 14.1. The number of carbonyl (C=O) groups excluding carboxylic acids is 2. The van der Waals surface area contributed by atoms with Gasteiger partial charge in [-0.3, -0.25) is 19.5 Å². The summed E-state index contributed by atoms with van der Waals surface area (Å²) in [6, 6.07) is 11.9. The Balaban J connectivity index is 1.54. The van der Waals surface area contributed by atoms with Crippen LogP contribution in [0, 0.1) is 0 Å². The summed E-state index contributed by atoms with van der Waals surface area (Å²) < 4.78 is 30.1. The number of aromatic amines is 1. The minimum atomic E-state index is -3.44. The lowest BCUT2D eigenvalue weighted by Gasteiger charge is -2.17. The summed E-state index contributed by atoms with van der Waals surface area (Å²) in [6.45, 7) is 1.59. The van der Waals surface area contributed by atoms with Crippen molar-refractivity contribution >= 4 is 32.7 Å². The SMILES string of the molecule is CCS(=O)(=O)c1ccc(Oc2cc3nc(-c4ccccn4)[nH]c3cc2CN2C(=O)CCC2=O)cn1. The summed E-state index contributed by atoms with van der Waals surface area (Å²) in [5.41, 5.74) is 2.54. The van der Waals surface area contributed by atoms with Crippen LogP contribution < -0.4 is 4.74 Å². The molecule has 1 saturated heterocycles. The zero-order valence-corrected chi connectivity index (χ0v) is 19.6. The number of fused-ring (bicyclic) bond motifs is 1. The van der Waals surface area contributed by atoms with Crippen LogP contribution >= 0.6 is 0 Å². The summed E-state index contributed by atoms with van der Waals surface area (Å²) in [5.74, 6) is 0.702. The first kappa shape index (κ1) is 22.7. The number of nitrogens with one attached hydrogen (secondary N) is 1. The van der Waals surface area contributed by atoms with E-state index in [0.29, 0.717) is 39.6 Å². The number of imidazole rings is 1. The molecule has 4 heterocycles. The molecular formula is C24H21N5O5S. The molecule has 1 fully saturated rings. The second kappa shape index (κ2) is 8.91. The Morgan fingerprint density at radius 1 is 1.06 bits per heavy atom. The summed E-state index contributed by atoms with van der Waals surface area (Å²) in [7, 11) is -3.44. The minimum absolute atomic E-state index is 0.0383. The smallest absolute Gasteiger partial charge is 0.230 e. The van der Waals surface area contributed by atoms with E-state index in [1.807, 2.05) is 18.2 Å². The van der Waals surface area contributed by atoms with Gasteiger partial charge in [0.2, 0.25) is 11.8 Å². The molecular weight excluding hydrogens is 470 g/mol. The second-order valence-corrected chi connectivity index (χ2v) is 10.2. The minimum Gasteiger partial charge on any atom is -0.455 e. The van der Waals surface area contributed by atoms with Crippen LogP contribution in [0.5, 0.6) is 11.5 Å². The summed E-state index contributed by atoms with van der Waals surface area (Å²) in [5, 5.41) is -0.0383. The van der Waals surface area contributed by atoms with Gasteiger partial charge in [0.25, 0.3) is 0 Å². The average molecular weight is 492 g/mol. The number of rotatable bonds is 7. The maximum absolute atomic E-state index is 12.2. The number of ether oxygens (including phenoxy) is 1. The van der Waals surface area contributed by atoms with Crippen molar-refractivity contribution in [3.63, 3.8) is 0 Å². The van der Waals surface area contributed by atoms with Crippen molar-refractivity contribution in [2.24, 2.45) is 0 Å². The van der Waals surface area contributed by atoms with Crippen molar-refractivity contribution in [1.29, 1.82) is 0 Å². The fourth-order valence-corrected chi connectivity index (χ4v) is 4.57. The van der Waals surface area contributed by atoms with Crippen LogP contribution in [0.15, 0.2) is 59.9 Å². The third-order valence-electron chi connectivity index (χ3n) is 5.69. The van der Waals surface area contributed by atoms with Crippen LogP contribution in [0.2, 0.25) is 0 Å². The van der Waals surface area contributed by atoms with Gasteiger partial charge in [0.1, 0.15) is 17.2 Å². The van der Waals surface area contributed by atoms with Crippen LogP contribution in [0.1, 0.15) is 25.3 Å². The first-order valence-electron chi connectivity index (χ1n) is 11.0. The lowest BCUT2D eigenvalue weighted by atomic mass is 10.1. The van der Waals surface area contributed by atoms with Crippen molar-refractivity contribution in [3.05, 3.63) is 60.4 Å². The molecule has 0 bridgehead atoms. The number of benzene rings is 1. The highest BCUT2D eigenvalue weighted by Gasteiger charge is 2.30. The Bertz CT molecular complexity index is 1520. The number of H-pyrrole nitrogens is 1. The van der Waals surface area contributed by atoms with Gasteiger partial charge in [-0.1, -0.05) is 13.0 Å². The number of imide groups is 1. The number of pyridine rings is 2. The molecule has 1 aliphatic heterocycles. The maximum atomic E-state index is 12.2. The Morgan fingerprint density at radius 3 is 2.51 bits per heavy atom. The molecule has 178 valence electrons. The highest BCUT2D eigenvalue weighted by molar-refractivity contribution is 7.91. The standard InChI is InChI=1S/C24H21N5O5S/c1-2-35(32,33)21-7-6-16(13-26-21)34-20-12-19-18(27-24(28-19)17-5-3-4-10-25-17)11-15(20)14-29-22(30)8-9-23(29)31/h3-7,10-13H,2,8-9,14H2,1H3,(H,27,28). The molecule has 10 nitrogen and oxygen atoms in total. The van der Waals surface area contributed by atoms with E-state index >= 15 is 0 Å². The number of nitrogens with zero attached hydrogens (tertiary/aromatic N) is 4. The van der Waals surface area contributed by atoms with Gasteiger partial charge in [0, 0.05) is 30.7 Å². The number of amides is 2. The fraction of sp³-hybridized carbons (Fsp3) is 0.208. The number of sulfone groups is 1. The van der Waals surface area contributed by atoms with Crippen molar-refractivity contribution in [1.82, 2.24) is 24.8 Å². The molecule has 2 amide bonds. The van der Waals surface area contributed by atoms with E-state index < -0.39 is 9.84 Å². The number of hydrogen-bond acceptors (Lipinski definition) is 8. The maximum Gasteiger partial charge on any atom is 0.230 e. The monoisotopic (exact) mass is 491 g/mol. The number of likely N-dealkylation sites (tertiary alicyclic amines) is 1. The molecule has 35 heavy (non-hydrogen) atoms. The van der Waals surface area contributed by atoms with Crippen LogP contribution in [0.25, 0.3) is 22.6 Å². The fourth-order valence-electron chi connectivity index (χ4n) is 3.78. The van der Waals surface area contributed by atoms with Gasteiger partial charge in [-0.05, 0) is 30.3 Å². The Hall–Kier alpha value is -4.12. The lowest BCUT2D eigenvalue weighted by Crippen LogP contribution is -2.28. The lowest BCUT2D eigenvalue weighted by molar-refractivity contribution is -0.139. The van der Waals surface area contributed by atoms with Gasteiger partial charge in [-0.25, -0.2) is 18.4 Å². The molecule has 1 aromatic carbocycles. The predicted octanol–water partition coefficient (Wildman–Crippen LogP) is 3.25. The van der Waals surface area contributed by atoms with E-state index in [9.17, 15) is 18.0 Å². The quantitative estimate of drug-likeness (QED) is 0.389. The first-order valence-corrected chi connectivity index (χ1v) is 12.6. The highest BCUT2D eigenvalue weighted by atomic mass is 32.2. The van der Waals surface area contributed by atoms with E-state index in [1.54, 1.807) is 25.3 Å². The molecule has 5 rings (SSSR count). The van der Waals surface area contributed by atoms with Gasteiger partial charge >= 0.3 is 0 Å². The van der Waals surface area contributed by atoms with E-state index in [2.05, 4.69) is 19.9 Å². The Kier molecular flexibility index (Phi) is 5.77. The van der Waals surface area contributed by atoms with Gasteiger partial charge < -0.3 is 9.72 Å². The second-order valence-electron chi connectivity index (χ2n) is 7.99. The molecule has 0 unspecified atom stereocenters.